The number of amidine groups is 1. The summed E-state index contributed by atoms with van der Waals surface area (Å²) in [6.45, 7) is 4.45. The third-order valence-electron chi connectivity index (χ3n) is 3.62. The summed E-state index contributed by atoms with van der Waals surface area (Å²) < 4.78 is 0.880. The first-order valence-corrected chi connectivity index (χ1v) is 7.45. The molecule has 2 rings (SSSR count). The monoisotopic (exact) mass is 324 g/mol. The van der Waals surface area contributed by atoms with Gasteiger partial charge in [-0.2, -0.15) is 0 Å². The number of likely N-dealkylation sites (N-methyl/N-ethyl adjacent to an activating group) is 1. The minimum atomic E-state index is 0.107. The van der Waals surface area contributed by atoms with Crippen LogP contribution in [0.4, 0.5) is 5.69 Å². The zero-order chi connectivity index (χ0) is 13.8. The van der Waals surface area contributed by atoms with Gasteiger partial charge in [-0.15, -0.1) is 0 Å². The Bertz CT molecular complexity index is 455. The molecule has 0 aliphatic carbocycles. The molecule has 1 heterocycles. The van der Waals surface area contributed by atoms with Crippen LogP contribution in [0.3, 0.4) is 0 Å². The second-order valence-corrected chi connectivity index (χ2v) is 5.87. The minimum Gasteiger partial charge on any atom is -0.384 e. The quantitative estimate of drug-likeness (QED) is 0.645. The van der Waals surface area contributed by atoms with Crippen LogP contribution in [0.15, 0.2) is 22.7 Å². The molecule has 0 bridgehead atoms. The van der Waals surface area contributed by atoms with Crippen molar-refractivity contribution >= 4 is 27.5 Å². The highest BCUT2D eigenvalue weighted by molar-refractivity contribution is 9.10. The van der Waals surface area contributed by atoms with Crippen molar-refractivity contribution in [1.29, 1.82) is 5.41 Å². The van der Waals surface area contributed by atoms with Crippen molar-refractivity contribution in [2.45, 2.75) is 12.8 Å². The third-order valence-corrected chi connectivity index (χ3v) is 4.28. The molecule has 0 amide bonds. The zero-order valence-corrected chi connectivity index (χ0v) is 12.9. The first-order chi connectivity index (χ1) is 9.09. The van der Waals surface area contributed by atoms with Crippen LogP contribution in [0.2, 0.25) is 0 Å². The molecule has 5 heteroatoms. The zero-order valence-electron chi connectivity index (χ0n) is 11.3. The Hall–Kier alpha value is -1.07. The molecule has 0 spiro atoms. The normalized spacial score (nSPS) is 15.7. The Labute approximate surface area is 123 Å². The first kappa shape index (κ1) is 14.3. The van der Waals surface area contributed by atoms with Crippen molar-refractivity contribution in [3.8, 4) is 0 Å². The number of nitrogens with zero attached hydrogens (tertiary/aromatic N) is 2. The fraction of sp³-hybridized carbons (Fsp3) is 0.500. The molecule has 0 radical (unpaired) electrons. The number of hydrogen-bond acceptors (Lipinski definition) is 3. The van der Waals surface area contributed by atoms with Crippen LogP contribution < -0.4 is 10.6 Å². The van der Waals surface area contributed by atoms with Gasteiger partial charge < -0.3 is 15.5 Å². The molecule has 1 aliphatic heterocycles. The van der Waals surface area contributed by atoms with Gasteiger partial charge in [0.05, 0.1) is 5.56 Å². The highest BCUT2D eigenvalue weighted by Crippen LogP contribution is 2.26. The van der Waals surface area contributed by atoms with Crippen LogP contribution in [0.25, 0.3) is 0 Å². The van der Waals surface area contributed by atoms with Gasteiger partial charge in [-0.25, -0.2) is 0 Å². The highest BCUT2D eigenvalue weighted by atomic mass is 79.9. The number of nitrogen functional groups attached to an aromatic ring is 1. The Kier molecular flexibility index (Phi) is 4.82. The van der Waals surface area contributed by atoms with Gasteiger partial charge in [0.25, 0.3) is 0 Å². The van der Waals surface area contributed by atoms with Crippen molar-refractivity contribution in [3.05, 3.63) is 28.2 Å². The molecule has 104 valence electrons. The van der Waals surface area contributed by atoms with Gasteiger partial charge in [0, 0.05) is 30.3 Å². The molecule has 1 aromatic rings. The number of nitrogens with one attached hydrogen (secondary N) is 1. The SMILES string of the molecule is CN(CCN1CCCC1)c1cccc(Br)c1C(=N)N. The number of hydrogen-bond donors (Lipinski definition) is 2. The molecule has 0 saturated carbocycles. The maximum Gasteiger partial charge on any atom is 0.126 e. The molecular formula is C14H21BrN4. The Morgan fingerprint density at radius 1 is 1.42 bits per heavy atom. The van der Waals surface area contributed by atoms with Crippen molar-refractivity contribution in [2.75, 3.05) is 38.1 Å². The van der Waals surface area contributed by atoms with Gasteiger partial charge >= 0.3 is 0 Å². The molecule has 1 fully saturated rings. The van der Waals surface area contributed by atoms with Gasteiger partial charge in [-0.3, -0.25) is 5.41 Å². The summed E-state index contributed by atoms with van der Waals surface area (Å²) in [6, 6.07) is 5.93. The molecule has 3 N–H and O–H groups in total. The fourth-order valence-electron chi connectivity index (χ4n) is 2.52. The smallest absolute Gasteiger partial charge is 0.126 e. The largest absolute Gasteiger partial charge is 0.384 e. The Morgan fingerprint density at radius 2 is 2.11 bits per heavy atom. The predicted octanol–water partition coefficient (Wildman–Crippen LogP) is 2.27. The first-order valence-electron chi connectivity index (χ1n) is 6.66. The maximum absolute atomic E-state index is 7.72. The maximum atomic E-state index is 7.72. The van der Waals surface area contributed by atoms with E-state index in [9.17, 15) is 0 Å². The number of rotatable bonds is 5. The summed E-state index contributed by atoms with van der Waals surface area (Å²) in [5, 5.41) is 7.72. The van der Waals surface area contributed by atoms with E-state index in [1.165, 1.54) is 25.9 Å². The van der Waals surface area contributed by atoms with E-state index in [2.05, 4.69) is 32.8 Å². The number of anilines is 1. The van der Waals surface area contributed by atoms with Gasteiger partial charge in [0.15, 0.2) is 0 Å². The van der Waals surface area contributed by atoms with E-state index >= 15 is 0 Å². The molecule has 1 saturated heterocycles. The Balaban J connectivity index is 2.07. The van der Waals surface area contributed by atoms with Crippen molar-refractivity contribution < 1.29 is 0 Å². The van der Waals surface area contributed by atoms with Crippen molar-refractivity contribution in [1.82, 2.24) is 4.90 Å². The molecule has 0 aromatic heterocycles. The summed E-state index contributed by atoms with van der Waals surface area (Å²) in [4.78, 5) is 4.67. The Morgan fingerprint density at radius 3 is 2.74 bits per heavy atom. The van der Waals surface area contributed by atoms with E-state index in [1.54, 1.807) is 0 Å². The predicted molar refractivity (Wildman–Crippen MR) is 84.1 cm³/mol. The van der Waals surface area contributed by atoms with Crippen LogP contribution in [-0.4, -0.2) is 44.0 Å². The molecule has 19 heavy (non-hydrogen) atoms. The van der Waals surface area contributed by atoms with Gasteiger partial charge in [0.1, 0.15) is 5.84 Å². The van der Waals surface area contributed by atoms with Gasteiger partial charge in [0.2, 0.25) is 0 Å². The standard InChI is InChI=1S/C14H21BrN4/c1-18(9-10-19-7-2-3-8-19)12-6-4-5-11(15)13(12)14(16)17/h4-6H,2-3,7-10H2,1H3,(H3,16,17). The minimum absolute atomic E-state index is 0.107. The average molecular weight is 325 g/mol. The highest BCUT2D eigenvalue weighted by Gasteiger charge is 2.15. The second-order valence-electron chi connectivity index (χ2n) is 5.02. The van der Waals surface area contributed by atoms with Crippen molar-refractivity contribution in [3.63, 3.8) is 0 Å². The van der Waals surface area contributed by atoms with Crippen LogP contribution >= 0.6 is 15.9 Å². The topological polar surface area (TPSA) is 56.4 Å². The summed E-state index contributed by atoms with van der Waals surface area (Å²) >= 11 is 3.48. The summed E-state index contributed by atoms with van der Waals surface area (Å²) in [5.74, 6) is 0.107. The second kappa shape index (κ2) is 6.39. The van der Waals surface area contributed by atoms with E-state index in [0.717, 1.165) is 28.8 Å². The van der Waals surface area contributed by atoms with Crippen LogP contribution in [0, 0.1) is 5.41 Å². The number of halogens is 1. The number of likely N-dealkylation sites (tertiary alicyclic amines) is 1. The lowest BCUT2D eigenvalue weighted by molar-refractivity contribution is 0.346. The molecule has 0 atom stereocenters. The van der Waals surface area contributed by atoms with E-state index in [1.807, 2.05) is 18.2 Å². The number of nitrogens with two attached hydrogens (primary N) is 1. The molecule has 4 nitrogen and oxygen atoms in total. The average Bonchev–Trinajstić information content (AvgIpc) is 2.88. The van der Waals surface area contributed by atoms with Crippen LogP contribution in [0.1, 0.15) is 18.4 Å². The number of benzene rings is 1. The van der Waals surface area contributed by atoms with Crippen LogP contribution in [0.5, 0.6) is 0 Å². The van der Waals surface area contributed by atoms with E-state index in [-0.39, 0.29) is 5.84 Å². The van der Waals surface area contributed by atoms with E-state index in [4.69, 9.17) is 11.1 Å². The summed E-state index contributed by atoms with van der Waals surface area (Å²) in [5.41, 5.74) is 7.49. The van der Waals surface area contributed by atoms with Crippen LogP contribution in [-0.2, 0) is 0 Å². The van der Waals surface area contributed by atoms with E-state index < -0.39 is 0 Å². The van der Waals surface area contributed by atoms with Gasteiger partial charge in [-0.05, 0) is 54.0 Å². The fourth-order valence-corrected chi connectivity index (χ4v) is 3.08. The molecule has 1 aromatic carbocycles. The molecular weight excluding hydrogens is 304 g/mol. The van der Waals surface area contributed by atoms with Gasteiger partial charge in [-0.1, -0.05) is 6.07 Å². The van der Waals surface area contributed by atoms with Crippen molar-refractivity contribution in [2.24, 2.45) is 5.73 Å². The lowest BCUT2D eigenvalue weighted by atomic mass is 10.1. The molecule has 0 unspecified atom stereocenters. The summed E-state index contributed by atoms with van der Waals surface area (Å²) in [6.07, 6.45) is 2.64. The lowest BCUT2D eigenvalue weighted by Gasteiger charge is -2.25. The summed E-state index contributed by atoms with van der Waals surface area (Å²) in [7, 11) is 2.06. The molecule has 1 aliphatic rings. The van der Waals surface area contributed by atoms with E-state index in [0.29, 0.717) is 0 Å². The third kappa shape index (κ3) is 3.48. The lowest BCUT2D eigenvalue weighted by Crippen LogP contribution is -2.32.